The number of fused-ring (bicyclic) bond motifs is 3. The summed E-state index contributed by atoms with van der Waals surface area (Å²) in [5.41, 5.74) is 2.28. The predicted molar refractivity (Wildman–Crippen MR) is 86.7 cm³/mol. The molecule has 0 fully saturated rings. The number of halogens is 1. The van der Waals surface area contributed by atoms with E-state index in [-0.39, 0.29) is 10.7 Å². The van der Waals surface area contributed by atoms with Gasteiger partial charge < -0.3 is 9.52 Å². The molecule has 0 aliphatic heterocycles. The van der Waals surface area contributed by atoms with E-state index in [1.165, 1.54) is 6.07 Å². The summed E-state index contributed by atoms with van der Waals surface area (Å²) in [5.74, 6) is -0.663. The fourth-order valence-corrected chi connectivity index (χ4v) is 2.75. The molecular weight excluding hydrogens is 316 g/mol. The molecule has 0 bridgehead atoms. The van der Waals surface area contributed by atoms with Crippen LogP contribution in [0.3, 0.4) is 0 Å². The molecule has 0 amide bonds. The lowest BCUT2D eigenvalue weighted by Gasteiger charge is -2.03. The van der Waals surface area contributed by atoms with Gasteiger partial charge in [0.25, 0.3) is 0 Å². The Hall–Kier alpha value is -2.92. The average molecular weight is 325 g/mol. The van der Waals surface area contributed by atoms with Crippen LogP contribution in [0.5, 0.6) is 0 Å². The molecule has 0 radical (unpaired) electrons. The standard InChI is InChI=1S/C17H9ClN2O3/c18-13-8-10(17(21)22)14-11(19-13)6-7-12-15(14)23-16(20-12)9-4-2-1-3-5-9/h1-8H,(H,21,22). The molecule has 2 aromatic heterocycles. The van der Waals surface area contributed by atoms with E-state index in [1.807, 2.05) is 30.3 Å². The lowest BCUT2D eigenvalue weighted by atomic mass is 10.1. The Kier molecular flexibility index (Phi) is 3.02. The Bertz CT molecular complexity index is 1060. The summed E-state index contributed by atoms with van der Waals surface area (Å²) >= 11 is 5.90. The summed E-state index contributed by atoms with van der Waals surface area (Å²) < 4.78 is 5.84. The van der Waals surface area contributed by atoms with Crippen LogP contribution in [0.15, 0.2) is 52.9 Å². The number of nitrogens with zero attached hydrogens (tertiary/aromatic N) is 2. The molecule has 6 heteroatoms. The molecule has 5 nitrogen and oxygen atoms in total. The summed E-state index contributed by atoms with van der Waals surface area (Å²) in [7, 11) is 0. The second-order valence-electron chi connectivity index (χ2n) is 4.99. The SMILES string of the molecule is O=C(O)c1cc(Cl)nc2ccc3nc(-c4ccccc4)oc3c12. The minimum Gasteiger partial charge on any atom is -0.478 e. The number of carbonyl (C=O) groups is 1. The highest BCUT2D eigenvalue weighted by Crippen LogP contribution is 2.32. The van der Waals surface area contributed by atoms with Crippen LogP contribution in [0, 0.1) is 0 Å². The van der Waals surface area contributed by atoms with Crippen molar-refractivity contribution in [1.29, 1.82) is 0 Å². The molecular formula is C17H9ClN2O3. The van der Waals surface area contributed by atoms with Gasteiger partial charge in [-0.1, -0.05) is 29.8 Å². The maximum Gasteiger partial charge on any atom is 0.336 e. The van der Waals surface area contributed by atoms with Gasteiger partial charge in [0, 0.05) is 5.56 Å². The van der Waals surface area contributed by atoms with Crippen LogP contribution in [-0.4, -0.2) is 21.0 Å². The number of carboxylic acids is 1. The van der Waals surface area contributed by atoms with Crippen LogP contribution >= 0.6 is 11.6 Å². The van der Waals surface area contributed by atoms with Crippen LogP contribution in [0.25, 0.3) is 33.5 Å². The zero-order valence-electron chi connectivity index (χ0n) is 11.7. The number of carboxylic acid groups (broad SMARTS) is 1. The van der Waals surface area contributed by atoms with Gasteiger partial charge in [-0.25, -0.2) is 14.8 Å². The van der Waals surface area contributed by atoms with Gasteiger partial charge in [-0.3, -0.25) is 0 Å². The van der Waals surface area contributed by atoms with Crippen LogP contribution < -0.4 is 0 Å². The Labute approximate surface area is 135 Å². The summed E-state index contributed by atoms with van der Waals surface area (Å²) in [4.78, 5) is 20.1. The molecule has 4 rings (SSSR count). The first kappa shape index (κ1) is 13.7. The molecule has 0 aliphatic rings. The zero-order valence-corrected chi connectivity index (χ0v) is 12.4. The first-order valence-electron chi connectivity index (χ1n) is 6.82. The smallest absolute Gasteiger partial charge is 0.336 e. The number of oxazole rings is 1. The Morgan fingerprint density at radius 2 is 1.78 bits per heavy atom. The molecule has 0 spiro atoms. The van der Waals surface area contributed by atoms with Crippen molar-refractivity contribution in [2.24, 2.45) is 0 Å². The fourth-order valence-electron chi connectivity index (χ4n) is 2.55. The van der Waals surface area contributed by atoms with E-state index in [0.717, 1.165) is 5.56 Å². The van der Waals surface area contributed by atoms with Crippen molar-refractivity contribution in [3.63, 3.8) is 0 Å². The minimum absolute atomic E-state index is 0.0429. The number of benzene rings is 2. The largest absolute Gasteiger partial charge is 0.478 e. The quantitative estimate of drug-likeness (QED) is 0.553. The second-order valence-corrected chi connectivity index (χ2v) is 5.38. The van der Waals surface area contributed by atoms with Crippen LogP contribution in [0.1, 0.15) is 10.4 Å². The van der Waals surface area contributed by atoms with Gasteiger partial charge in [-0.15, -0.1) is 0 Å². The van der Waals surface area contributed by atoms with Gasteiger partial charge in [0.1, 0.15) is 10.7 Å². The van der Waals surface area contributed by atoms with Crippen molar-refractivity contribution in [2.75, 3.05) is 0 Å². The monoisotopic (exact) mass is 324 g/mol. The van der Waals surface area contributed by atoms with Gasteiger partial charge >= 0.3 is 5.97 Å². The van der Waals surface area contributed by atoms with Crippen molar-refractivity contribution in [3.05, 3.63) is 59.2 Å². The van der Waals surface area contributed by atoms with Crippen LogP contribution in [0.4, 0.5) is 0 Å². The highest BCUT2D eigenvalue weighted by atomic mass is 35.5. The second kappa shape index (κ2) is 5.07. The van der Waals surface area contributed by atoms with Gasteiger partial charge in [0.05, 0.1) is 16.5 Å². The molecule has 2 aromatic carbocycles. The van der Waals surface area contributed by atoms with E-state index in [2.05, 4.69) is 9.97 Å². The van der Waals surface area contributed by atoms with Crippen molar-refractivity contribution >= 4 is 39.6 Å². The van der Waals surface area contributed by atoms with E-state index in [0.29, 0.717) is 27.9 Å². The Morgan fingerprint density at radius 3 is 2.52 bits per heavy atom. The van der Waals surface area contributed by atoms with Crippen molar-refractivity contribution < 1.29 is 14.3 Å². The van der Waals surface area contributed by atoms with E-state index in [9.17, 15) is 9.90 Å². The van der Waals surface area contributed by atoms with Crippen LogP contribution in [0.2, 0.25) is 5.15 Å². The highest BCUT2D eigenvalue weighted by Gasteiger charge is 2.18. The molecule has 0 saturated heterocycles. The maximum atomic E-state index is 11.5. The molecule has 0 atom stereocenters. The Balaban J connectivity index is 2.09. The molecule has 0 saturated carbocycles. The topological polar surface area (TPSA) is 76.2 Å². The first-order chi connectivity index (χ1) is 11.1. The van der Waals surface area contributed by atoms with Gasteiger partial charge in [0.2, 0.25) is 5.89 Å². The number of aromatic nitrogens is 2. The Morgan fingerprint density at radius 1 is 1.04 bits per heavy atom. The molecule has 4 aromatic rings. The lowest BCUT2D eigenvalue weighted by molar-refractivity contribution is 0.0699. The minimum atomic E-state index is -1.09. The molecule has 0 aliphatic carbocycles. The van der Waals surface area contributed by atoms with Gasteiger partial charge in [-0.2, -0.15) is 0 Å². The summed E-state index contributed by atoms with van der Waals surface area (Å²) in [6, 6.07) is 14.2. The molecule has 23 heavy (non-hydrogen) atoms. The molecule has 0 unspecified atom stereocenters. The lowest BCUT2D eigenvalue weighted by Crippen LogP contribution is -1.99. The van der Waals surface area contributed by atoms with E-state index in [1.54, 1.807) is 12.1 Å². The summed E-state index contributed by atoms with van der Waals surface area (Å²) in [5, 5.41) is 9.96. The zero-order chi connectivity index (χ0) is 16.0. The predicted octanol–water partition coefficient (Wildman–Crippen LogP) is 4.39. The van der Waals surface area contributed by atoms with Crippen molar-refractivity contribution in [3.8, 4) is 11.5 Å². The number of pyridine rings is 1. The third kappa shape index (κ3) is 2.22. The summed E-state index contributed by atoms with van der Waals surface area (Å²) in [6.07, 6.45) is 0. The number of hydrogen-bond donors (Lipinski definition) is 1. The van der Waals surface area contributed by atoms with Gasteiger partial charge in [0.15, 0.2) is 5.58 Å². The highest BCUT2D eigenvalue weighted by molar-refractivity contribution is 6.30. The van der Waals surface area contributed by atoms with Gasteiger partial charge in [-0.05, 0) is 30.3 Å². The summed E-state index contributed by atoms with van der Waals surface area (Å²) in [6.45, 7) is 0. The molecule has 2 heterocycles. The van der Waals surface area contributed by atoms with E-state index in [4.69, 9.17) is 16.0 Å². The number of aromatic carboxylic acids is 1. The van der Waals surface area contributed by atoms with E-state index < -0.39 is 5.97 Å². The number of rotatable bonds is 2. The normalized spacial score (nSPS) is 11.2. The van der Waals surface area contributed by atoms with E-state index >= 15 is 0 Å². The fraction of sp³-hybridized carbons (Fsp3) is 0. The molecule has 1 N–H and O–H groups in total. The first-order valence-corrected chi connectivity index (χ1v) is 7.20. The average Bonchev–Trinajstić information content (AvgIpc) is 2.99. The third-order valence-corrected chi connectivity index (χ3v) is 3.74. The molecule has 112 valence electrons. The number of hydrogen-bond acceptors (Lipinski definition) is 4. The van der Waals surface area contributed by atoms with Crippen LogP contribution in [-0.2, 0) is 0 Å². The maximum absolute atomic E-state index is 11.5. The van der Waals surface area contributed by atoms with Crippen molar-refractivity contribution in [2.45, 2.75) is 0 Å². The van der Waals surface area contributed by atoms with Crippen molar-refractivity contribution in [1.82, 2.24) is 9.97 Å². The third-order valence-electron chi connectivity index (χ3n) is 3.55.